The van der Waals surface area contributed by atoms with Crippen molar-refractivity contribution in [2.75, 3.05) is 0 Å². The molecule has 0 spiro atoms. The molecule has 0 aliphatic carbocycles. The second-order valence-electron chi connectivity index (χ2n) is 1.95. The van der Waals surface area contributed by atoms with Crippen LogP contribution in [-0.4, -0.2) is 19.9 Å². The van der Waals surface area contributed by atoms with Gasteiger partial charge in [0.05, 0.1) is 6.20 Å². The Balaban J connectivity index is 2.93. The van der Waals surface area contributed by atoms with Crippen LogP contribution < -0.4 is 0 Å². The molecule has 0 radical (unpaired) electrons. The van der Waals surface area contributed by atoms with Gasteiger partial charge in [-0.2, -0.15) is 0 Å². The van der Waals surface area contributed by atoms with Crippen LogP contribution in [0, 0.1) is 0 Å². The van der Waals surface area contributed by atoms with E-state index in [-0.39, 0.29) is 5.75 Å². The Morgan fingerprint density at radius 3 is 3.10 bits per heavy atom. The van der Waals surface area contributed by atoms with Crippen molar-refractivity contribution in [2.45, 2.75) is 0 Å². The highest BCUT2D eigenvalue weighted by molar-refractivity contribution is 5.58. The van der Waals surface area contributed by atoms with Crippen molar-refractivity contribution in [1.82, 2.24) is 14.8 Å². The fourth-order valence-electron chi connectivity index (χ4n) is 0.853. The lowest BCUT2D eigenvalue weighted by Crippen LogP contribution is -1.89. The second-order valence-corrected chi connectivity index (χ2v) is 1.95. The first-order chi connectivity index (χ1) is 4.88. The van der Waals surface area contributed by atoms with Crippen LogP contribution in [0.2, 0.25) is 0 Å². The van der Waals surface area contributed by atoms with Gasteiger partial charge in [-0.1, -0.05) is 5.21 Å². The summed E-state index contributed by atoms with van der Waals surface area (Å²) >= 11 is 0. The summed E-state index contributed by atoms with van der Waals surface area (Å²) in [6.45, 7) is 0. The summed E-state index contributed by atoms with van der Waals surface area (Å²) in [5, 5.41) is 16.5. The third kappa shape index (κ3) is 0.556. The highest BCUT2D eigenvalue weighted by Gasteiger charge is 1.97. The van der Waals surface area contributed by atoms with E-state index < -0.39 is 0 Å². The van der Waals surface area contributed by atoms with Gasteiger partial charge in [-0.05, 0) is 6.07 Å². The summed E-state index contributed by atoms with van der Waals surface area (Å²) in [5.74, 6) is 0.231. The molecule has 4 nitrogen and oxygen atoms in total. The first-order valence-electron chi connectivity index (χ1n) is 2.86. The lowest BCUT2D eigenvalue weighted by atomic mass is 10.4. The lowest BCUT2D eigenvalue weighted by Gasteiger charge is -1.88. The van der Waals surface area contributed by atoms with Crippen molar-refractivity contribution >= 4 is 5.52 Å². The Labute approximate surface area is 56.7 Å². The van der Waals surface area contributed by atoms with Gasteiger partial charge in [-0.15, -0.1) is 5.10 Å². The molecule has 0 aliphatic heterocycles. The predicted octanol–water partition coefficient (Wildman–Crippen LogP) is 0.435. The smallest absolute Gasteiger partial charge is 0.142 e. The predicted molar refractivity (Wildman–Crippen MR) is 34.7 cm³/mol. The van der Waals surface area contributed by atoms with Crippen LogP contribution in [0.3, 0.4) is 0 Å². The van der Waals surface area contributed by atoms with Crippen LogP contribution in [0.15, 0.2) is 24.5 Å². The molecule has 0 bridgehead atoms. The van der Waals surface area contributed by atoms with Gasteiger partial charge in [-0.25, -0.2) is 4.52 Å². The van der Waals surface area contributed by atoms with Gasteiger partial charge in [0.15, 0.2) is 0 Å². The molecule has 0 amide bonds. The van der Waals surface area contributed by atoms with Gasteiger partial charge in [0.1, 0.15) is 11.3 Å². The van der Waals surface area contributed by atoms with E-state index in [1.807, 2.05) is 0 Å². The highest BCUT2D eigenvalue weighted by atomic mass is 16.3. The first-order valence-corrected chi connectivity index (χ1v) is 2.86. The van der Waals surface area contributed by atoms with Crippen LogP contribution in [0.5, 0.6) is 5.75 Å². The molecule has 0 aromatic carbocycles. The average molecular weight is 135 g/mol. The number of aromatic nitrogens is 3. The number of fused-ring (bicyclic) bond motifs is 1. The van der Waals surface area contributed by atoms with Crippen molar-refractivity contribution < 1.29 is 5.11 Å². The maximum atomic E-state index is 9.12. The van der Waals surface area contributed by atoms with Crippen molar-refractivity contribution in [3.05, 3.63) is 24.5 Å². The molecule has 2 rings (SSSR count). The number of nitrogens with zero attached hydrogens (tertiary/aromatic N) is 3. The molecular weight excluding hydrogens is 130 g/mol. The number of aromatic hydroxyl groups is 1. The molecule has 4 heteroatoms. The summed E-state index contributed by atoms with van der Waals surface area (Å²) in [6.07, 6.45) is 3.19. The maximum absolute atomic E-state index is 9.12. The Bertz CT molecular complexity index is 355. The molecule has 2 aromatic heterocycles. The van der Waals surface area contributed by atoms with Gasteiger partial charge in [-0.3, -0.25) is 0 Å². The maximum Gasteiger partial charge on any atom is 0.142 e. The minimum atomic E-state index is 0.231. The van der Waals surface area contributed by atoms with E-state index in [0.717, 1.165) is 0 Å². The quantitative estimate of drug-likeness (QED) is 0.570. The summed E-state index contributed by atoms with van der Waals surface area (Å²) < 4.78 is 1.51. The van der Waals surface area contributed by atoms with Crippen LogP contribution in [0.1, 0.15) is 0 Å². The Morgan fingerprint density at radius 2 is 2.30 bits per heavy atom. The molecule has 1 N–H and O–H groups in total. The Hall–Kier alpha value is -1.58. The molecule has 0 fully saturated rings. The standard InChI is InChI=1S/C6H5N3O/c10-6-2-4-9-5(6)1-3-7-8-9/h1-4,10H. The zero-order valence-corrected chi connectivity index (χ0v) is 5.10. The van der Waals surface area contributed by atoms with Crippen LogP contribution in [0.25, 0.3) is 5.52 Å². The minimum Gasteiger partial charge on any atom is -0.506 e. The fourth-order valence-corrected chi connectivity index (χ4v) is 0.853. The monoisotopic (exact) mass is 135 g/mol. The third-order valence-electron chi connectivity index (χ3n) is 1.33. The molecule has 2 heterocycles. The number of hydrogen-bond donors (Lipinski definition) is 1. The van der Waals surface area contributed by atoms with E-state index >= 15 is 0 Å². The van der Waals surface area contributed by atoms with Crippen LogP contribution in [-0.2, 0) is 0 Å². The Morgan fingerprint density at radius 1 is 1.40 bits per heavy atom. The SMILES string of the molecule is Oc1ccn2nnccc12. The molecule has 0 saturated carbocycles. The topological polar surface area (TPSA) is 50.4 Å². The molecule has 10 heavy (non-hydrogen) atoms. The first kappa shape index (κ1) is 5.22. The average Bonchev–Trinajstić information content (AvgIpc) is 2.34. The molecule has 0 unspecified atom stereocenters. The van der Waals surface area contributed by atoms with Gasteiger partial charge < -0.3 is 5.11 Å². The van der Waals surface area contributed by atoms with E-state index in [4.69, 9.17) is 5.11 Å². The molecule has 0 atom stereocenters. The summed E-state index contributed by atoms with van der Waals surface area (Å²) in [5.41, 5.74) is 0.676. The van der Waals surface area contributed by atoms with Crippen molar-refractivity contribution in [2.24, 2.45) is 0 Å². The van der Waals surface area contributed by atoms with Gasteiger partial charge >= 0.3 is 0 Å². The van der Waals surface area contributed by atoms with Crippen molar-refractivity contribution in [3.8, 4) is 5.75 Å². The van der Waals surface area contributed by atoms with Crippen molar-refractivity contribution in [1.29, 1.82) is 0 Å². The molecule has 50 valence electrons. The zero-order valence-electron chi connectivity index (χ0n) is 5.10. The summed E-state index contributed by atoms with van der Waals surface area (Å²) in [7, 11) is 0. The fraction of sp³-hybridized carbons (Fsp3) is 0. The molecule has 0 aliphatic rings. The zero-order chi connectivity index (χ0) is 6.97. The second kappa shape index (κ2) is 1.70. The van der Waals surface area contributed by atoms with E-state index in [0.29, 0.717) is 5.52 Å². The molecule has 2 aromatic rings. The van der Waals surface area contributed by atoms with Gasteiger partial charge in [0.25, 0.3) is 0 Å². The van der Waals surface area contributed by atoms with E-state index in [2.05, 4.69) is 10.3 Å². The van der Waals surface area contributed by atoms with E-state index in [1.54, 1.807) is 18.3 Å². The third-order valence-corrected chi connectivity index (χ3v) is 1.33. The van der Waals surface area contributed by atoms with E-state index in [1.165, 1.54) is 10.7 Å². The summed E-state index contributed by atoms with van der Waals surface area (Å²) in [4.78, 5) is 0. The van der Waals surface area contributed by atoms with E-state index in [9.17, 15) is 0 Å². The van der Waals surface area contributed by atoms with Crippen molar-refractivity contribution in [3.63, 3.8) is 0 Å². The van der Waals surface area contributed by atoms with Gasteiger partial charge in [0, 0.05) is 12.3 Å². The molecular formula is C6H5N3O. The normalized spacial score (nSPS) is 10.4. The molecule has 0 saturated heterocycles. The largest absolute Gasteiger partial charge is 0.506 e. The van der Waals surface area contributed by atoms with Crippen LogP contribution in [0.4, 0.5) is 0 Å². The summed E-state index contributed by atoms with van der Waals surface area (Å²) in [6, 6.07) is 3.27. The number of hydrogen-bond acceptors (Lipinski definition) is 3. The highest BCUT2D eigenvalue weighted by Crippen LogP contribution is 2.15. The Kier molecular flexibility index (Phi) is 0.887. The minimum absolute atomic E-state index is 0.231. The van der Waals surface area contributed by atoms with Gasteiger partial charge in [0.2, 0.25) is 0 Å². The number of rotatable bonds is 0. The lowest BCUT2D eigenvalue weighted by molar-refractivity contribution is 0.481. The van der Waals surface area contributed by atoms with Crippen LogP contribution >= 0.6 is 0 Å².